The molecule has 0 aliphatic rings. The Labute approximate surface area is 142 Å². The molecule has 0 saturated heterocycles. The highest BCUT2D eigenvalue weighted by atomic mass is 16.2. The maximum absolute atomic E-state index is 11.9. The van der Waals surface area contributed by atoms with Gasteiger partial charge in [0.1, 0.15) is 0 Å². The number of benzene rings is 1. The van der Waals surface area contributed by atoms with Crippen molar-refractivity contribution in [3.8, 4) is 0 Å². The molecular formula is C18H24N4O2. The van der Waals surface area contributed by atoms with Crippen LogP contribution < -0.4 is 10.6 Å². The van der Waals surface area contributed by atoms with Crippen LogP contribution in [0.3, 0.4) is 0 Å². The van der Waals surface area contributed by atoms with E-state index in [4.69, 9.17) is 0 Å². The fraction of sp³-hybridized carbons (Fsp3) is 0.389. The second kappa shape index (κ2) is 8.86. The second-order valence-electron chi connectivity index (χ2n) is 5.76. The number of hydrogen-bond acceptors (Lipinski definition) is 3. The summed E-state index contributed by atoms with van der Waals surface area (Å²) in [6, 6.07) is 7.33. The SMILES string of the molecule is CCCn1cc(CNC(=O)CCNC(=O)c2ccc(C)cc2)cn1. The van der Waals surface area contributed by atoms with Crippen LogP contribution in [0.2, 0.25) is 0 Å². The van der Waals surface area contributed by atoms with E-state index < -0.39 is 0 Å². The van der Waals surface area contributed by atoms with Gasteiger partial charge in [-0.15, -0.1) is 0 Å². The van der Waals surface area contributed by atoms with Gasteiger partial charge in [-0.1, -0.05) is 24.6 Å². The highest BCUT2D eigenvalue weighted by molar-refractivity contribution is 5.94. The number of carbonyl (C=O) groups excluding carboxylic acids is 2. The van der Waals surface area contributed by atoms with Gasteiger partial charge in [-0.3, -0.25) is 14.3 Å². The smallest absolute Gasteiger partial charge is 0.251 e. The molecule has 0 radical (unpaired) electrons. The minimum Gasteiger partial charge on any atom is -0.352 e. The zero-order valence-corrected chi connectivity index (χ0v) is 14.2. The van der Waals surface area contributed by atoms with E-state index in [2.05, 4.69) is 22.7 Å². The second-order valence-corrected chi connectivity index (χ2v) is 5.76. The lowest BCUT2D eigenvalue weighted by Crippen LogP contribution is -2.30. The third-order valence-corrected chi connectivity index (χ3v) is 3.58. The molecule has 0 spiro atoms. The number of nitrogens with zero attached hydrogens (tertiary/aromatic N) is 2. The third-order valence-electron chi connectivity index (χ3n) is 3.58. The maximum atomic E-state index is 11.9. The average molecular weight is 328 g/mol. The summed E-state index contributed by atoms with van der Waals surface area (Å²) < 4.78 is 1.86. The standard InChI is InChI=1S/C18H24N4O2/c1-3-10-22-13-15(12-21-22)11-20-17(23)8-9-19-18(24)16-6-4-14(2)5-7-16/h4-7,12-13H,3,8-11H2,1-2H3,(H,19,24)(H,20,23). The summed E-state index contributed by atoms with van der Waals surface area (Å²) in [7, 11) is 0. The first-order valence-corrected chi connectivity index (χ1v) is 8.21. The zero-order chi connectivity index (χ0) is 17.4. The fourth-order valence-electron chi connectivity index (χ4n) is 2.23. The Bertz CT molecular complexity index is 677. The van der Waals surface area contributed by atoms with Crippen LogP contribution in [0, 0.1) is 6.92 Å². The minimum absolute atomic E-state index is 0.0950. The molecule has 1 heterocycles. The molecule has 6 nitrogen and oxygen atoms in total. The predicted octanol–water partition coefficient (Wildman–Crippen LogP) is 2.04. The molecule has 0 bridgehead atoms. The first kappa shape index (κ1) is 17.7. The molecule has 2 rings (SSSR count). The van der Waals surface area contributed by atoms with E-state index in [1.165, 1.54) is 0 Å². The van der Waals surface area contributed by atoms with Crippen LogP contribution in [0.1, 0.15) is 41.3 Å². The van der Waals surface area contributed by atoms with Gasteiger partial charge in [-0.05, 0) is 25.5 Å². The third kappa shape index (κ3) is 5.53. The molecule has 0 unspecified atom stereocenters. The Hall–Kier alpha value is -2.63. The summed E-state index contributed by atoms with van der Waals surface area (Å²) in [6.07, 6.45) is 4.97. The first-order valence-electron chi connectivity index (χ1n) is 8.21. The Kier molecular flexibility index (Phi) is 6.54. The first-order chi connectivity index (χ1) is 11.6. The van der Waals surface area contributed by atoms with Gasteiger partial charge in [-0.2, -0.15) is 5.10 Å². The Morgan fingerprint density at radius 2 is 1.92 bits per heavy atom. The molecule has 0 aliphatic heterocycles. The highest BCUT2D eigenvalue weighted by Crippen LogP contribution is 2.03. The molecule has 2 aromatic rings. The van der Waals surface area contributed by atoms with Crippen LogP contribution in [0.4, 0.5) is 0 Å². The summed E-state index contributed by atoms with van der Waals surface area (Å²) in [4.78, 5) is 23.7. The van der Waals surface area contributed by atoms with E-state index in [0.717, 1.165) is 24.1 Å². The van der Waals surface area contributed by atoms with E-state index in [1.807, 2.05) is 29.9 Å². The molecular weight excluding hydrogens is 304 g/mol. The molecule has 24 heavy (non-hydrogen) atoms. The van der Waals surface area contributed by atoms with Gasteiger partial charge >= 0.3 is 0 Å². The number of carbonyl (C=O) groups is 2. The summed E-state index contributed by atoms with van der Waals surface area (Å²) in [5.41, 5.74) is 2.68. The molecule has 0 atom stereocenters. The Balaban J connectivity index is 1.67. The van der Waals surface area contributed by atoms with E-state index in [-0.39, 0.29) is 18.2 Å². The number of nitrogens with one attached hydrogen (secondary N) is 2. The number of aryl methyl sites for hydroxylation is 2. The maximum Gasteiger partial charge on any atom is 0.251 e. The lowest BCUT2D eigenvalue weighted by molar-refractivity contribution is -0.121. The van der Waals surface area contributed by atoms with Gasteiger partial charge in [0.05, 0.1) is 6.20 Å². The number of hydrogen-bond donors (Lipinski definition) is 2. The lowest BCUT2D eigenvalue weighted by Gasteiger charge is -2.06. The molecule has 6 heteroatoms. The van der Waals surface area contributed by atoms with E-state index in [9.17, 15) is 9.59 Å². The largest absolute Gasteiger partial charge is 0.352 e. The molecule has 1 aromatic heterocycles. The predicted molar refractivity (Wildman–Crippen MR) is 92.5 cm³/mol. The lowest BCUT2D eigenvalue weighted by atomic mass is 10.1. The van der Waals surface area contributed by atoms with E-state index >= 15 is 0 Å². The molecule has 0 saturated carbocycles. The van der Waals surface area contributed by atoms with Gasteiger partial charge in [0.2, 0.25) is 5.91 Å². The van der Waals surface area contributed by atoms with Crippen LogP contribution in [-0.4, -0.2) is 28.1 Å². The average Bonchev–Trinajstić information content (AvgIpc) is 3.01. The van der Waals surface area contributed by atoms with Crippen LogP contribution in [-0.2, 0) is 17.9 Å². The van der Waals surface area contributed by atoms with Gasteiger partial charge in [0.15, 0.2) is 0 Å². The van der Waals surface area contributed by atoms with Crippen molar-refractivity contribution in [2.45, 2.75) is 39.8 Å². The zero-order valence-electron chi connectivity index (χ0n) is 14.2. The van der Waals surface area contributed by atoms with Crippen molar-refractivity contribution in [3.63, 3.8) is 0 Å². The van der Waals surface area contributed by atoms with Crippen molar-refractivity contribution < 1.29 is 9.59 Å². The van der Waals surface area contributed by atoms with Crippen LogP contribution in [0.5, 0.6) is 0 Å². The van der Waals surface area contributed by atoms with Gasteiger partial charge in [0, 0.05) is 43.4 Å². The van der Waals surface area contributed by atoms with Crippen molar-refractivity contribution in [2.24, 2.45) is 0 Å². The quantitative estimate of drug-likeness (QED) is 0.778. The van der Waals surface area contributed by atoms with Crippen LogP contribution >= 0.6 is 0 Å². The van der Waals surface area contributed by atoms with Gasteiger partial charge in [-0.25, -0.2) is 0 Å². The van der Waals surface area contributed by atoms with E-state index in [1.54, 1.807) is 18.3 Å². The molecule has 128 valence electrons. The van der Waals surface area contributed by atoms with E-state index in [0.29, 0.717) is 18.7 Å². The molecule has 2 N–H and O–H groups in total. The number of aromatic nitrogens is 2. The van der Waals surface area contributed by atoms with Gasteiger partial charge in [0.25, 0.3) is 5.91 Å². The molecule has 2 amide bonds. The Morgan fingerprint density at radius 3 is 2.62 bits per heavy atom. The van der Waals surface area contributed by atoms with Crippen LogP contribution in [0.15, 0.2) is 36.7 Å². The van der Waals surface area contributed by atoms with Crippen LogP contribution in [0.25, 0.3) is 0 Å². The fourth-order valence-corrected chi connectivity index (χ4v) is 2.23. The molecule has 1 aromatic carbocycles. The summed E-state index contributed by atoms with van der Waals surface area (Å²) in [5, 5.41) is 9.80. The summed E-state index contributed by atoms with van der Waals surface area (Å²) in [6.45, 7) is 5.70. The number of amides is 2. The topological polar surface area (TPSA) is 76.0 Å². The number of rotatable bonds is 8. The van der Waals surface area contributed by atoms with Crippen molar-refractivity contribution >= 4 is 11.8 Å². The van der Waals surface area contributed by atoms with Crippen molar-refractivity contribution in [3.05, 3.63) is 53.3 Å². The molecule has 0 fully saturated rings. The molecule has 0 aliphatic carbocycles. The van der Waals surface area contributed by atoms with Crippen molar-refractivity contribution in [2.75, 3.05) is 6.54 Å². The normalized spacial score (nSPS) is 10.4. The monoisotopic (exact) mass is 328 g/mol. The summed E-state index contributed by atoms with van der Waals surface area (Å²) in [5.74, 6) is -0.258. The van der Waals surface area contributed by atoms with Crippen molar-refractivity contribution in [1.82, 2.24) is 20.4 Å². The highest BCUT2D eigenvalue weighted by Gasteiger charge is 2.07. The Morgan fingerprint density at radius 1 is 1.17 bits per heavy atom. The summed E-state index contributed by atoms with van der Waals surface area (Å²) >= 11 is 0. The van der Waals surface area contributed by atoms with Crippen molar-refractivity contribution in [1.29, 1.82) is 0 Å². The van der Waals surface area contributed by atoms with Gasteiger partial charge < -0.3 is 10.6 Å². The minimum atomic E-state index is -0.163.